The van der Waals surface area contributed by atoms with Crippen LogP contribution in [0.15, 0.2) is 101 Å². The Labute approximate surface area is 264 Å². The molecule has 1 aliphatic rings. The van der Waals surface area contributed by atoms with E-state index in [1.807, 2.05) is 0 Å². The predicted molar refractivity (Wildman–Crippen MR) is 171 cm³/mol. The minimum atomic E-state index is -4.50. The summed E-state index contributed by atoms with van der Waals surface area (Å²) in [6.07, 6.45) is 0.407. The second-order valence-corrected chi connectivity index (χ2v) is 13.2. The lowest BCUT2D eigenvalue weighted by Gasteiger charge is -2.20. The molecule has 1 aromatic heterocycles. The average molecular weight is 657 g/mol. The first-order chi connectivity index (χ1) is 22.0. The predicted octanol–water partition coefficient (Wildman–Crippen LogP) is 8.90. The molecule has 46 heavy (non-hydrogen) atoms. The van der Waals surface area contributed by atoms with Crippen LogP contribution in [0.4, 0.5) is 13.2 Å². The monoisotopic (exact) mass is 656 g/mol. The van der Waals surface area contributed by atoms with Gasteiger partial charge in [0.15, 0.2) is 0 Å². The lowest BCUT2D eigenvalue weighted by molar-refractivity contribution is -0.140. The summed E-state index contributed by atoms with van der Waals surface area (Å²) in [5.41, 5.74) is 1.26. The Hall–Kier alpha value is -5.11. The Balaban J connectivity index is 1.70. The number of fused-ring (bicyclic) bond motifs is 8. The molecule has 5 aromatic carbocycles. The summed E-state index contributed by atoms with van der Waals surface area (Å²) in [7, 11) is -4.50. The van der Waals surface area contributed by atoms with Gasteiger partial charge < -0.3 is 5.11 Å². The van der Waals surface area contributed by atoms with Crippen LogP contribution >= 0.6 is 11.6 Å². The molecule has 1 unspecified atom stereocenters. The maximum absolute atomic E-state index is 14.9. The molecule has 0 amide bonds. The van der Waals surface area contributed by atoms with Gasteiger partial charge in [-0.1, -0.05) is 66.2 Å². The SMILES string of the molecule is N#Cc1cccc2c3c(C4=C(Cl)CC(C(=O)O)C=C4)cccc3c3c(c4cc(F)ccc4n3S(=O)(=O)c3ccc(C(F)F)cc3)c12. The standard InChI is InChI=1S/C35H20ClF3N2O4S/c36-28-15-19(35(42)43)9-13-23(28)24-4-2-6-26-31(24)25-5-1-3-20(17-40)30(25)32-27-16-21(37)10-14-29(27)41(33(26)32)46(44,45)22-11-7-18(8-12-22)34(38)39/h1-14,16,19,34H,15H2,(H,42,43). The highest BCUT2D eigenvalue weighted by molar-refractivity contribution is 7.90. The molecular weight excluding hydrogens is 637 g/mol. The number of rotatable bonds is 5. The van der Waals surface area contributed by atoms with Crippen LogP contribution in [0.1, 0.15) is 29.5 Å². The number of hydrogen-bond acceptors (Lipinski definition) is 4. The average Bonchev–Trinajstić information content (AvgIpc) is 3.39. The zero-order valence-corrected chi connectivity index (χ0v) is 25.1. The number of aromatic nitrogens is 1. The smallest absolute Gasteiger partial charge is 0.310 e. The van der Waals surface area contributed by atoms with Crippen LogP contribution in [-0.4, -0.2) is 23.5 Å². The third-order valence-electron chi connectivity index (χ3n) is 8.37. The van der Waals surface area contributed by atoms with Crippen molar-refractivity contribution in [2.24, 2.45) is 5.92 Å². The van der Waals surface area contributed by atoms with Gasteiger partial charge in [0.25, 0.3) is 16.4 Å². The number of aliphatic carboxylic acids is 1. The van der Waals surface area contributed by atoms with Gasteiger partial charge in [0.2, 0.25) is 0 Å². The molecule has 0 bridgehead atoms. The van der Waals surface area contributed by atoms with Crippen molar-refractivity contribution >= 4 is 76.5 Å². The second kappa shape index (κ2) is 10.8. The summed E-state index contributed by atoms with van der Waals surface area (Å²) in [6.45, 7) is 0. The molecule has 228 valence electrons. The van der Waals surface area contributed by atoms with Gasteiger partial charge in [0, 0.05) is 38.6 Å². The molecule has 0 fully saturated rings. The number of halogens is 4. The van der Waals surface area contributed by atoms with Gasteiger partial charge in [-0.25, -0.2) is 25.6 Å². The van der Waals surface area contributed by atoms with Crippen LogP contribution in [-0.2, 0) is 14.8 Å². The molecule has 6 nitrogen and oxygen atoms in total. The first-order valence-electron chi connectivity index (χ1n) is 14.0. The van der Waals surface area contributed by atoms with E-state index in [0.717, 1.165) is 34.3 Å². The van der Waals surface area contributed by atoms with Crippen LogP contribution in [0.5, 0.6) is 0 Å². The Bertz CT molecular complexity index is 2510. The molecule has 0 spiro atoms. The van der Waals surface area contributed by atoms with Crippen molar-refractivity contribution < 1.29 is 31.5 Å². The largest absolute Gasteiger partial charge is 0.481 e. The normalized spacial score (nSPS) is 15.4. The van der Waals surface area contributed by atoms with Gasteiger partial charge in [-0.2, -0.15) is 5.26 Å². The van der Waals surface area contributed by atoms with Crippen molar-refractivity contribution in [2.45, 2.75) is 17.7 Å². The first kappa shape index (κ1) is 29.6. The van der Waals surface area contributed by atoms with Gasteiger partial charge in [0.1, 0.15) is 5.82 Å². The summed E-state index contributed by atoms with van der Waals surface area (Å²) >= 11 is 6.70. The van der Waals surface area contributed by atoms with Crippen LogP contribution in [0.25, 0.3) is 48.9 Å². The van der Waals surface area contributed by atoms with E-state index in [0.29, 0.717) is 43.1 Å². The number of nitrogens with zero attached hydrogens (tertiary/aromatic N) is 2. The fraction of sp³-hybridized carbons (Fsp3) is 0.0857. The fourth-order valence-corrected chi connectivity index (χ4v) is 8.21. The van der Waals surface area contributed by atoms with Gasteiger partial charge in [0.05, 0.1) is 33.5 Å². The maximum atomic E-state index is 14.9. The van der Waals surface area contributed by atoms with E-state index >= 15 is 0 Å². The van der Waals surface area contributed by atoms with Crippen LogP contribution in [0, 0.1) is 23.1 Å². The Morgan fingerprint density at radius 1 is 0.957 bits per heavy atom. The molecule has 11 heteroatoms. The van der Waals surface area contributed by atoms with Crippen molar-refractivity contribution in [3.63, 3.8) is 0 Å². The molecule has 7 rings (SSSR count). The molecule has 1 aliphatic carbocycles. The number of allylic oxidation sites excluding steroid dienone is 3. The molecule has 1 N–H and O–H groups in total. The quantitative estimate of drug-likeness (QED) is 0.187. The summed E-state index contributed by atoms with van der Waals surface area (Å²) in [4.78, 5) is 11.4. The highest BCUT2D eigenvalue weighted by atomic mass is 35.5. The number of alkyl halides is 2. The summed E-state index contributed by atoms with van der Waals surface area (Å²) in [5.74, 6) is -2.47. The number of benzene rings is 5. The molecule has 0 saturated heterocycles. The van der Waals surface area contributed by atoms with Gasteiger partial charge in [-0.05, 0) is 58.3 Å². The lowest BCUT2D eigenvalue weighted by atomic mass is 9.86. The van der Waals surface area contributed by atoms with Gasteiger partial charge in [-0.15, -0.1) is 0 Å². The Morgan fingerprint density at radius 2 is 1.67 bits per heavy atom. The van der Waals surface area contributed by atoms with E-state index in [-0.39, 0.29) is 38.9 Å². The third kappa shape index (κ3) is 4.38. The van der Waals surface area contributed by atoms with Crippen molar-refractivity contribution in [3.8, 4) is 6.07 Å². The number of hydrogen-bond donors (Lipinski definition) is 1. The first-order valence-corrected chi connectivity index (χ1v) is 15.8. The van der Waals surface area contributed by atoms with Crippen molar-refractivity contribution in [1.29, 1.82) is 5.26 Å². The van der Waals surface area contributed by atoms with Gasteiger partial charge >= 0.3 is 5.97 Å². The molecule has 1 heterocycles. The zero-order valence-electron chi connectivity index (χ0n) is 23.5. The lowest BCUT2D eigenvalue weighted by Crippen LogP contribution is -2.14. The van der Waals surface area contributed by atoms with E-state index < -0.39 is 34.2 Å². The summed E-state index contributed by atoms with van der Waals surface area (Å²) in [6, 6.07) is 20.4. The van der Waals surface area contributed by atoms with Crippen molar-refractivity contribution in [3.05, 3.63) is 119 Å². The minimum Gasteiger partial charge on any atom is -0.481 e. The molecule has 0 saturated carbocycles. The highest BCUT2D eigenvalue weighted by Crippen LogP contribution is 2.47. The maximum Gasteiger partial charge on any atom is 0.310 e. The second-order valence-electron chi connectivity index (χ2n) is 10.9. The molecule has 6 aromatic rings. The Morgan fingerprint density at radius 3 is 2.35 bits per heavy atom. The minimum absolute atomic E-state index is 0.0469. The molecule has 0 radical (unpaired) electrons. The van der Waals surface area contributed by atoms with Crippen LogP contribution < -0.4 is 0 Å². The zero-order chi connectivity index (χ0) is 32.5. The number of carboxylic acid groups (broad SMARTS) is 1. The third-order valence-corrected chi connectivity index (χ3v) is 10.5. The van der Waals surface area contributed by atoms with E-state index in [1.165, 1.54) is 18.2 Å². The van der Waals surface area contributed by atoms with Crippen LogP contribution in [0.2, 0.25) is 0 Å². The van der Waals surface area contributed by atoms with E-state index in [9.17, 15) is 36.8 Å². The van der Waals surface area contributed by atoms with E-state index in [4.69, 9.17) is 11.6 Å². The molecule has 0 aliphatic heterocycles. The number of carboxylic acids is 1. The van der Waals surface area contributed by atoms with Crippen molar-refractivity contribution in [2.75, 3.05) is 0 Å². The number of carbonyl (C=O) groups is 1. The highest BCUT2D eigenvalue weighted by Gasteiger charge is 2.29. The summed E-state index contributed by atoms with van der Waals surface area (Å²) in [5, 5.41) is 22.6. The van der Waals surface area contributed by atoms with Gasteiger partial charge in [-0.3, -0.25) is 4.79 Å². The summed E-state index contributed by atoms with van der Waals surface area (Å²) < 4.78 is 71.6. The van der Waals surface area contributed by atoms with E-state index in [1.54, 1.807) is 42.5 Å². The van der Waals surface area contributed by atoms with Crippen molar-refractivity contribution in [1.82, 2.24) is 3.97 Å². The number of nitriles is 1. The Kier molecular flexibility index (Phi) is 6.92. The fourth-order valence-electron chi connectivity index (χ4n) is 6.34. The molecular formula is C35H20ClF3N2O4S. The topological polar surface area (TPSA) is 100 Å². The molecule has 1 atom stereocenters. The van der Waals surface area contributed by atoms with E-state index in [2.05, 4.69) is 6.07 Å². The van der Waals surface area contributed by atoms with Crippen LogP contribution in [0.3, 0.4) is 0 Å².